The first-order valence-corrected chi connectivity index (χ1v) is 9.01. The van der Waals surface area contributed by atoms with Crippen molar-refractivity contribution in [1.29, 1.82) is 0 Å². The summed E-state index contributed by atoms with van der Waals surface area (Å²) in [6, 6.07) is 0.476. The van der Waals surface area contributed by atoms with E-state index in [0.29, 0.717) is 17.3 Å². The summed E-state index contributed by atoms with van der Waals surface area (Å²) < 4.78 is 2.13. The third kappa shape index (κ3) is 2.92. The van der Waals surface area contributed by atoms with Crippen LogP contribution in [0.25, 0.3) is 0 Å². The molecule has 24 heavy (non-hydrogen) atoms. The number of nitrogens with one attached hydrogen (secondary N) is 1. The Hall–Kier alpha value is -1.89. The third-order valence-corrected chi connectivity index (χ3v) is 5.49. The smallest absolute Gasteiger partial charge is 0.192 e. The van der Waals surface area contributed by atoms with Gasteiger partial charge in [-0.25, -0.2) is 0 Å². The van der Waals surface area contributed by atoms with Crippen molar-refractivity contribution < 1.29 is 9.59 Å². The maximum atomic E-state index is 12.8. The Bertz CT molecular complexity index is 817. The number of H-pyrrole nitrogens is 1. The van der Waals surface area contributed by atoms with Gasteiger partial charge in [-0.1, -0.05) is 11.8 Å². The van der Waals surface area contributed by atoms with E-state index in [4.69, 9.17) is 0 Å². The molecular weight excluding hydrogens is 324 g/mol. The molecular formula is C17H22N4O2S. The quantitative estimate of drug-likeness (QED) is 0.640. The van der Waals surface area contributed by atoms with Crippen molar-refractivity contribution >= 4 is 23.3 Å². The van der Waals surface area contributed by atoms with Crippen LogP contribution >= 0.6 is 11.8 Å². The molecule has 1 atom stereocenters. The largest absolute Gasteiger partial charge is 0.355 e. The number of nitrogens with zero attached hydrogens (tertiary/aromatic N) is 3. The van der Waals surface area contributed by atoms with Crippen LogP contribution in [0.5, 0.6) is 0 Å². The van der Waals surface area contributed by atoms with Gasteiger partial charge in [-0.05, 0) is 53.0 Å². The fourth-order valence-electron chi connectivity index (χ4n) is 3.12. The second-order valence-electron chi connectivity index (χ2n) is 6.44. The summed E-state index contributed by atoms with van der Waals surface area (Å²) in [5.74, 6) is 0.853. The molecule has 3 rings (SSSR count). The summed E-state index contributed by atoms with van der Waals surface area (Å²) in [6.07, 6.45) is 2.29. The highest BCUT2D eigenvalue weighted by molar-refractivity contribution is 8.00. The molecule has 2 heterocycles. The lowest BCUT2D eigenvalue weighted by Crippen LogP contribution is -2.16. The molecule has 0 aliphatic heterocycles. The molecule has 7 heteroatoms. The van der Waals surface area contributed by atoms with E-state index in [0.717, 1.165) is 35.1 Å². The lowest BCUT2D eigenvalue weighted by Gasteiger charge is -2.11. The first-order valence-electron chi connectivity index (χ1n) is 8.13. The Morgan fingerprint density at radius 1 is 1.25 bits per heavy atom. The highest BCUT2D eigenvalue weighted by Crippen LogP contribution is 2.39. The second kappa shape index (κ2) is 6.20. The van der Waals surface area contributed by atoms with Crippen LogP contribution in [-0.2, 0) is 0 Å². The standard InChI is InChI=1S/C17H22N4O2S/c1-8-14(10(3)22)9(2)18-15(8)16(23)11(4)24-17-20-19-12(5)21(17)13-6-7-13/h11,13,18H,6-7H2,1-5H3/t11-/m1/s1. The van der Waals surface area contributed by atoms with Crippen LogP contribution in [0.15, 0.2) is 5.16 Å². The van der Waals surface area contributed by atoms with Crippen LogP contribution in [-0.4, -0.2) is 36.6 Å². The van der Waals surface area contributed by atoms with Gasteiger partial charge in [0.1, 0.15) is 5.82 Å². The second-order valence-corrected chi connectivity index (χ2v) is 7.74. The van der Waals surface area contributed by atoms with Crippen molar-refractivity contribution in [2.45, 2.75) is 63.9 Å². The number of ketones is 2. The Morgan fingerprint density at radius 3 is 2.46 bits per heavy atom. The number of rotatable bonds is 6. The summed E-state index contributed by atoms with van der Waals surface area (Å²) in [4.78, 5) is 27.7. The SMILES string of the molecule is CC(=O)c1c(C)[nH]c(C(=O)[C@@H](C)Sc2nnc(C)n2C2CC2)c1C. The molecule has 1 fully saturated rings. The average molecular weight is 346 g/mol. The third-order valence-electron chi connectivity index (χ3n) is 4.43. The fourth-order valence-corrected chi connectivity index (χ4v) is 4.15. The highest BCUT2D eigenvalue weighted by atomic mass is 32.2. The minimum Gasteiger partial charge on any atom is -0.355 e. The lowest BCUT2D eigenvalue weighted by molar-refractivity contribution is 0.0988. The minimum atomic E-state index is -0.303. The topological polar surface area (TPSA) is 80.6 Å². The Balaban J connectivity index is 1.83. The number of hydrogen-bond acceptors (Lipinski definition) is 5. The van der Waals surface area contributed by atoms with Crippen LogP contribution in [0.3, 0.4) is 0 Å². The molecule has 1 N–H and O–H groups in total. The average Bonchev–Trinajstić information content (AvgIpc) is 3.21. The summed E-state index contributed by atoms with van der Waals surface area (Å²) >= 11 is 1.43. The fraction of sp³-hybridized carbons (Fsp3) is 0.529. The van der Waals surface area contributed by atoms with Gasteiger partial charge in [0.25, 0.3) is 0 Å². The number of aromatic nitrogens is 4. The molecule has 0 saturated heterocycles. The van der Waals surface area contributed by atoms with E-state index in [2.05, 4.69) is 19.7 Å². The van der Waals surface area contributed by atoms with Crippen LogP contribution in [0.2, 0.25) is 0 Å². The number of aromatic amines is 1. The minimum absolute atomic E-state index is 0.0175. The molecule has 0 bridgehead atoms. The number of thioether (sulfide) groups is 1. The van der Waals surface area contributed by atoms with Gasteiger partial charge in [0.2, 0.25) is 0 Å². The van der Waals surface area contributed by atoms with Gasteiger partial charge < -0.3 is 9.55 Å². The maximum absolute atomic E-state index is 12.8. The summed E-state index contributed by atoms with van der Waals surface area (Å²) in [7, 11) is 0. The number of carbonyl (C=O) groups is 2. The lowest BCUT2D eigenvalue weighted by atomic mass is 10.0. The van der Waals surface area contributed by atoms with Gasteiger partial charge in [0.05, 0.1) is 10.9 Å². The summed E-state index contributed by atoms with van der Waals surface area (Å²) in [6.45, 7) is 8.99. The number of hydrogen-bond donors (Lipinski definition) is 1. The monoisotopic (exact) mass is 346 g/mol. The maximum Gasteiger partial charge on any atom is 0.192 e. The molecule has 0 spiro atoms. The zero-order valence-electron chi connectivity index (χ0n) is 14.6. The van der Waals surface area contributed by atoms with E-state index in [9.17, 15) is 9.59 Å². The van der Waals surface area contributed by atoms with E-state index in [1.165, 1.54) is 18.7 Å². The Morgan fingerprint density at radius 2 is 1.92 bits per heavy atom. The molecule has 1 saturated carbocycles. The van der Waals surface area contributed by atoms with Crippen molar-refractivity contribution in [3.63, 3.8) is 0 Å². The van der Waals surface area contributed by atoms with Crippen LogP contribution in [0.4, 0.5) is 0 Å². The molecule has 0 aromatic carbocycles. The molecule has 6 nitrogen and oxygen atoms in total. The molecule has 128 valence electrons. The normalized spacial score (nSPS) is 15.5. The predicted molar refractivity (Wildman–Crippen MR) is 93.0 cm³/mol. The van der Waals surface area contributed by atoms with Crippen molar-refractivity contribution in [3.8, 4) is 0 Å². The summed E-state index contributed by atoms with van der Waals surface area (Å²) in [5.41, 5.74) is 2.62. The van der Waals surface area contributed by atoms with Crippen LogP contribution in [0.1, 0.15) is 70.7 Å². The number of Topliss-reactive ketones (excluding diaryl/α,β-unsaturated/α-hetero) is 2. The molecule has 1 aliphatic carbocycles. The molecule has 0 amide bonds. The van der Waals surface area contributed by atoms with Gasteiger partial charge >= 0.3 is 0 Å². The molecule has 0 unspecified atom stereocenters. The van der Waals surface area contributed by atoms with Crippen LogP contribution < -0.4 is 0 Å². The van der Waals surface area contributed by atoms with E-state index >= 15 is 0 Å². The van der Waals surface area contributed by atoms with Crippen LogP contribution in [0, 0.1) is 20.8 Å². The van der Waals surface area contributed by atoms with Gasteiger partial charge in [-0.2, -0.15) is 0 Å². The van der Waals surface area contributed by atoms with Crippen molar-refractivity contribution in [1.82, 2.24) is 19.7 Å². The molecule has 2 aromatic rings. The van der Waals surface area contributed by atoms with Crippen molar-refractivity contribution in [2.24, 2.45) is 0 Å². The summed E-state index contributed by atoms with van der Waals surface area (Å²) in [5, 5.41) is 8.87. The van der Waals surface area contributed by atoms with E-state index in [1.807, 2.05) is 27.7 Å². The van der Waals surface area contributed by atoms with E-state index in [-0.39, 0.29) is 16.8 Å². The zero-order chi connectivity index (χ0) is 17.6. The van der Waals surface area contributed by atoms with E-state index < -0.39 is 0 Å². The number of carbonyl (C=O) groups excluding carboxylic acids is 2. The molecule has 1 aliphatic rings. The molecule has 0 radical (unpaired) electrons. The first-order chi connectivity index (χ1) is 11.3. The van der Waals surface area contributed by atoms with E-state index in [1.54, 1.807) is 0 Å². The zero-order valence-corrected chi connectivity index (χ0v) is 15.5. The first kappa shape index (κ1) is 17.0. The number of aryl methyl sites for hydroxylation is 2. The predicted octanol–water partition coefficient (Wildman–Crippen LogP) is 3.43. The van der Waals surface area contributed by atoms with Gasteiger partial charge in [0.15, 0.2) is 16.7 Å². The Kier molecular flexibility index (Phi) is 4.38. The van der Waals surface area contributed by atoms with Gasteiger partial charge in [0, 0.05) is 17.3 Å². The van der Waals surface area contributed by atoms with Crippen molar-refractivity contribution in [2.75, 3.05) is 0 Å². The van der Waals surface area contributed by atoms with Gasteiger partial charge in [-0.15, -0.1) is 10.2 Å². The van der Waals surface area contributed by atoms with Gasteiger partial charge in [-0.3, -0.25) is 9.59 Å². The van der Waals surface area contributed by atoms with Crippen molar-refractivity contribution in [3.05, 3.63) is 28.3 Å². The Labute approximate surface area is 145 Å². The molecule has 2 aromatic heterocycles. The highest BCUT2D eigenvalue weighted by Gasteiger charge is 2.31.